The lowest BCUT2D eigenvalue weighted by molar-refractivity contribution is -0.328. The summed E-state index contributed by atoms with van der Waals surface area (Å²) in [4.78, 5) is 180. The summed E-state index contributed by atoms with van der Waals surface area (Å²) < 4.78 is 28.7. The predicted molar refractivity (Wildman–Crippen MR) is 479 cm³/mol. The zero-order valence-corrected chi connectivity index (χ0v) is 75.7. The number of phenols is 1. The number of ether oxygens (including phenoxy) is 5. The number of aromatic amines is 1. The van der Waals surface area contributed by atoms with Gasteiger partial charge in [-0.3, -0.25) is 53.3 Å². The van der Waals surface area contributed by atoms with Crippen LogP contribution in [0.1, 0.15) is 122 Å². The first-order chi connectivity index (χ1) is 59.2. The summed E-state index contributed by atoms with van der Waals surface area (Å²) in [6, 6.07) is 11.9. The number of alkyl carbamates (subject to hydrolysis) is 1. The van der Waals surface area contributed by atoms with Gasteiger partial charge in [-0.15, -0.1) is 0 Å². The van der Waals surface area contributed by atoms with Gasteiger partial charge in [0.2, 0.25) is 59.1 Å². The fourth-order valence-corrected chi connectivity index (χ4v) is 20.5. The summed E-state index contributed by atoms with van der Waals surface area (Å²) >= 11 is 6.91. The van der Waals surface area contributed by atoms with E-state index in [1.807, 2.05) is 19.1 Å². The summed E-state index contributed by atoms with van der Waals surface area (Å²) in [6.07, 6.45) is 1.05. The number of aromatic hydroxyl groups is 1. The minimum absolute atomic E-state index is 0.0188. The number of nitrogens with zero attached hydrogens (tertiary/aromatic N) is 2. The smallest absolute Gasteiger partial charge is 0.409 e. The molecule has 6 heterocycles. The van der Waals surface area contributed by atoms with E-state index in [0.29, 0.717) is 65.4 Å². The number of fused-ring (bicyclic) bond motifs is 7. The number of unbranched alkanes of at least 4 members (excludes halogenated alkanes) is 2. The summed E-state index contributed by atoms with van der Waals surface area (Å²) in [5.74, 6) is -9.94. The Morgan fingerprint density at radius 1 is 0.832 bits per heavy atom. The topological polar surface area (TPSA) is 508 Å². The van der Waals surface area contributed by atoms with Gasteiger partial charge in [0, 0.05) is 92.4 Å². The normalized spacial score (nSPS) is 26.3. The molecule has 34 nitrogen and oxygen atoms in total. The molecular formula is C86H115ClN14O20S4. The number of carbonyl (C=O) groups is 12. The maximum absolute atomic E-state index is 15.1. The summed E-state index contributed by atoms with van der Waals surface area (Å²) in [7, 11) is 9.76. The van der Waals surface area contributed by atoms with E-state index in [-0.39, 0.29) is 84.4 Å². The number of phenolic OH excluding ortho intramolecular Hbond substituents is 1. The van der Waals surface area contributed by atoms with E-state index >= 15 is 19.2 Å². The third-order valence-corrected chi connectivity index (χ3v) is 28.6. The number of hydrogen-bond acceptors (Lipinski definition) is 26. The van der Waals surface area contributed by atoms with Gasteiger partial charge in [-0.05, 0) is 133 Å². The molecule has 680 valence electrons. The monoisotopic (exact) mass is 1830 g/mol. The number of aliphatic hydroxyl groups excluding tert-OH is 1. The van der Waals surface area contributed by atoms with Crippen LogP contribution < -0.4 is 69.4 Å². The molecule has 11 amide bonds. The first-order valence-electron chi connectivity index (χ1n) is 41.0. The molecule has 10 rings (SSSR count). The zero-order valence-electron chi connectivity index (χ0n) is 71.7. The first kappa shape index (κ1) is 99.2. The Bertz CT molecular complexity index is 4750. The first-order valence-corrected chi connectivity index (χ1v) is 46.2. The van der Waals surface area contributed by atoms with Crippen LogP contribution >= 0.6 is 54.8 Å². The third kappa shape index (κ3) is 26.5. The molecule has 0 spiro atoms. The highest BCUT2D eigenvalue weighted by Gasteiger charge is 2.64. The van der Waals surface area contributed by atoms with Crippen LogP contribution in [0.4, 0.5) is 10.5 Å². The Balaban J connectivity index is 0.934. The number of esters is 1. The molecule has 125 heavy (non-hydrogen) atoms. The van der Waals surface area contributed by atoms with Crippen molar-refractivity contribution in [2.24, 2.45) is 17.2 Å². The van der Waals surface area contributed by atoms with E-state index in [0.717, 1.165) is 53.6 Å². The predicted octanol–water partition coefficient (Wildman–Crippen LogP) is 4.62. The fraction of sp³-hybridized carbons (Fsp3) is 0.512. The summed E-state index contributed by atoms with van der Waals surface area (Å²) in [6.45, 7) is 11.3. The number of aliphatic hydroxyl groups is 2. The Morgan fingerprint density at radius 2 is 1.49 bits per heavy atom. The number of amides is 11. The van der Waals surface area contributed by atoms with Crippen LogP contribution in [0.25, 0.3) is 10.9 Å². The van der Waals surface area contributed by atoms with E-state index in [9.17, 15) is 53.7 Å². The second kappa shape index (κ2) is 44.7. The maximum atomic E-state index is 15.1. The highest BCUT2D eigenvalue weighted by Crippen LogP contribution is 2.51. The van der Waals surface area contributed by atoms with Gasteiger partial charge in [-0.1, -0.05) is 152 Å². The lowest BCUT2D eigenvalue weighted by Gasteiger charge is -2.59. The molecule has 39 heteroatoms. The number of rotatable bonds is 28. The van der Waals surface area contributed by atoms with Crippen molar-refractivity contribution in [1.82, 2.24) is 52.4 Å². The molecule has 5 aliphatic heterocycles. The number of anilines is 1. The molecular weight excluding hydrogens is 1710 g/mol. The van der Waals surface area contributed by atoms with Gasteiger partial charge >= 0.3 is 12.1 Å². The molecule has 5 aliphatic rings. The van der Waals surface area contributed by atoms with Crippen molar-refractivity contribution in [2.75, 3.05) is 57.0 Å². The van der Waals surface area contributed by atoms with Gasteiger partial charge in [-0.2, -0.15) is 0 Å². The largest absolute Gasteiger partial charge is 0.508 e. The highest BCUT2D eigenvalue weighted by atomic mass is 35.5. The number of nitrogens with two attached hydrogens (primary N) is 3. The third-order valence-electron chi connectivity index (χ3n) is 22.5. The number of carbonyl (C=O) groups excluding carboxylic acids is 12. The van der Waals surface area contributed by atoms with Crippen molar-refractivity contribution < 1.29 is 96.5 Å². The SMILES string of the molecule is COc1cc2cc(c1Cl)N(C)C(=O)C[C@H](OC(=O)[C@H](C)N(C)C(=O)CCSSC(C)(C)[C@H](NC(=O)[C@@H]1CSSC[C@H](NC(=O)[C@H](N)Cc3ccccc3)C(=O)N[C@@H](Cc3ccc(O)cc3)C(=O)N[C@H](Cc3c[nH]c4ccccc34)C(=O)N[C@@H](CCCCCN)C(=O)N[C@@H]([C@@H](C)O)C(=O)N1)C(N)=O)[C@@]1(C)CC(C)(O1)[C@@H]1C[C@@](O)(NC(=O)O1)[C@H](OC)/C=C/C=C(\C)C2. The summed E-state index contributed by atoms with van der Waals surface area (Å²) in [5, 5.41) is 56.1. The molecule has 1 unspecified atom stereocenters. The van der Waals surface area contributed by atoms with Crippen molar-refractivity contribution in [3.8, 4) is 11.5 Å². The van der Waals surface area contributed by atoms with Crippen LogP contribution in [0, 0.1) is 0 Å². The van der Waals surface area contributed by atoms with Gasteiger partial charge < -0.3 is 108 Å². The van der Waals surface area contributed by atoms with Crippen LogP contribution in [0.15, 0.2) is 121 Å². The minimum Gasteiger partial charge on any atom is -0.508 e. The Morgan fingerprint density at radius 3 is 2.16 bits per heavy atom. The van der Waals surface area contributed by atoms with Gasteiger partial charge in [0.15, 0.2) is 5.72 Å². The fourth-order valence-electron chi connectivity index (χ4n) is 15.2. The van der Waals surface area contributed by atoms with Crippen LogP contribution in [0.5, 0.6) is 11.5 Å². The molecule has 18 N–H and O–H groups in total. The van der Waals surface area contributed by atoms with Crippen LogP contribution in [0.2, 0.25) is 5.02 Å². The van der Waals surface area contributed by atoms with Gasteiger partial charge in [0.05, 0.1) is 31.4 Å². The number of methoxy groups -OCH3 is 2. The highest BCUT2D eigenvalue weighted by molar-refractivity contribution is 8.77. The standard InChI is InChI=1S/C86H115ClN14O20S4/c1-47-21-20-27-65(118-11)86(116)42-67(120-82(115)99-86)85(7)46-84(6,121-85)66(41-69(105)101(9)63-38-52(35-47)39-64(117-10)70(63)87)119-81(114)48(2)100(8)68(104)32-34-122-125-83(4,5)72(73(90)106)98-79(112)62-45-124-123-44-61(95-74(107)56(89)36-50-22-14-12-15-23-50)78(111)93-59(37-51-28-30-54(103)31-29-51)76(109)94-60(40-53-43-91-57-25-18-17-24-55(53)57)77(110)92-58(26-16-13-19-33-88)75(108)97-71(49(3)102)80(113)96-62/h12,14-15,17-18,20-25,27-31,38-39,43,48-49,56,58-62,65-67,71-72,91,102-103,116H,13,16,19,26,32-37,40-42,44-46,88-89H2,1-11H3,(H2,90,106)(H,92,110)(H,93,111)(H,94,109)(H,95,107)(H,96,113)(H,97,108)(H,98,112)(H,99,115)/b27-20+,47-21+/t48-,49+,56+,58-,59-,60+,61-,62-,65+,66-,67-,71-,72+,84+,85?,86-/m0/s1. The summed E-state index contributed by atoms with van der Waals surface area (Å²) in [5.41, 5.74) is 18.0. The van der Waals surface area contributed by atoms with Crippen molar-refractivity contribution in [2.45, 2.75) is 226 Å². The average molecular weight is 1830 g/mol. The Hall–Kier alpha value is -9.61. The molecule has 0 saturated carbocycles. The van der Waals surface area contributed by atoms with Gasteiger partial charge in [0.25, 0.3) is 0 Å². The lowest BCUT2D eigenvalue weighted by atomic mass is 9.72. The van der Waals surface area contributed by atoms with E-state index < -0.39 is 178 Å². The number of hydrogen-bond donors (Lipinski definition) is 15. The molecule has 16 atom stereocenters. The van der Waals surface area contributed by atoms with Gasteiger partial charge in [0.1, 0.15) is 94.4 Å². The van der Waals surface area contributed by atoms with E-state index in [4.69, 9.17) is 52.5 Å². The number of halogens is 1. The Kier molecular flexibility index (Phi) is 35.5. The van der Waals surface area contributed by atoms with Crippen molar-refractivity contribution in [3.05, 3.63) is 148 Å². The molecule has 5 aromatic rings. The number of nitrogens with one attached hydrogen (secondary N) is 9. The number of likely N-dealkylation sites (N-methyl/N-ethyl adjacent to an activating group) is 1. The van der Waals surface area contributed by atoms with Crippen LogP contribution in [-0.4, -0.2) is 249 Å². The molecule has 3 fully saturated rings. The number of para-hydroxylation sites is 1. The lowest BCUT2D eigenvalue weighted by Crippen LogP contribution is -2.72. The van der Waals surface area contributed by atoms with E-state index in [1.165, 1.54) is 71.3 Å². The quantitative estimate of drug-likeness (QED) is 0.0184. The number of aromatic nitrogens is 1. The van der Waals surface area contributed by atoms with Crippen LogP contribution in [0.3, 0.4) is 0 Å². The molecule has 6 bridgehead atoms. The van der Waals surface area contributed by atoms with Crippen molar-refractivity contribution >= 4 is 143 Å². The number of H-pyrrole nitrogens is 1. The maximum Gasteiger partial charge on any atom is 0.409 e. The molecule has 3 saturated heterocycles. The number of benzene rings is 4. The number of allylic oxidation sites excluding steroid dienone is 3. The molecule has 4 aromatic carbocycles. The van der Waals surface area contributed by atoms with Gasteiger partial charge in [-0.25, -0.2) is 9.59 Å². The average Bonchev–Trinajstić information content (AvgIpc) is 0.750. The zero-order chi connectivity index (χ0) is 91.4. The van der Waals surface area contributed by atoms with E-state index in [1.54, 1.807) is 107 Å². The second-order valence-corrected chi connectivity index (χ2v) is 38.7. The van der Waals surface area contributed by atoms with Crippen molar-refractivity contribution in [1.29, 1.82) is 0 Å². The number of primary amides is 1. The van der Waals surface area contributed by atoms with Crippen molar-refractivity contribution in [3.63, 3.8) is 0 Å². The second-order valence-electron chi connectivity index (χ2n) is 32.7. The van der Waals surface area contributed by atoms with E-state index in [2.05, 4.69) is 47.5 Å². The Labute approximate surface area is 746 Å². The molecule has 0 radical (unpaired) electrons. The molecule has 0 aliphatic carbocycles. The van der Waals surface area contributed by atoms with Crippen LogP contribution in [-0.2, 0) is 97.4 Å². The minimum atomic E-state index is -1.99. The molecule has 1 aromatic heterocycles.